The van der Waals surface area contributed by atoms with E-state index in [1.165, 1.54) is 0 Å². The van der Waals surface area contributed by atoms with Gasteiger partial charge in [0.2, 0.25) is 5.88 Å². The van der Waals surface area contributed by atoms with Crippen molar-refractivity contribution in [3.05, 3.63) is 52.4 Å². The minimum Gasteiger partial charge on any atom is -0.473 e. The summed E-state index contributed by atoms with van der Waals surface area (Å²) in [7, 11) is 0. The summed E-state index contributed by atoms with van der Waals surface area (Å²) in [5, 5.41) is 11.0. The second kappa shape index (κ2) is 8.10. The van der Waals surface area contributed by atoms with Crippen molar-refractivity contribution in [1.29, 1.82) is 5.26 Å². The largest absolute Gasteiger partial charge is 0.473 e. The molecule has 0 aliphatic carbocycles. The maximum absolute atomic E-state index is 11.7. The molecule has 0 saturated heterocycles. The van der Waals surface area contributed by atoms with Crippen LogP contribution >= 0.6 is 15.9 Å². The monoisotopic (exact) mass is 360 g/mol. The summed E-state index contributed by atoms with van der Waals surface area (Å²) in [4.78, 5) is 20.0. The van der Waals surface area contributed by atoms with Crippen LogP contribution in [0.5, 0.6) is 5.88 Å². The molecule has 0 aromatic carbocycles. The van der Waals surface area contributed by atoms with Crippen molar-refractivity contribution in [3.8, 4) is 11.9 Å². The normalized spacial score (nSPS) is 9.82. The predicted molar refractivity (Wildman–Crippen MR) is 83.1 cm³/mol. The molecule has 0 atom stereocenters. The second-order valence-electron chi connectivity index (χ2n) is 4.30. The SMILES string of the molecule is N#CCCNC(=O)c1ccc(COc2cccc(Br)n2)cn1. The van der Waals surface area contributed by atoms with Crippen molar-refractivity contribution in [2.75, 3.05) is 6.54 Å². The molecule has 2 rings (SSSR count). The second-order valence-corrected chi connectivity index (χ2v) is 5.12. The smallest absolute Gasteiger partial charge is 0.269 e. The van der Waals surface area contributed by atoms with Crippen molar-refractivity contribution >= 4 is 21.8 Å². The number of aromatic nitrogens is 2. The van der Waals surface area contributed by atoms with E-state index in [0.717, 1.165) is 5.56 Å². The lowest BCUT2D eigenvalue weighted by Gasteiger charge is -2.06. The number of hydrogen-bond donors (Lipinski definition) is 1. The Hall–Kier alpha value is -2.46. The number of pyridine rings is 2. The molecule has 6 nitrogen and oxygen atoms in total. The maximum Gasteiger partial charge on any atom is 0.269 e. The minimum absolute atomic E-state index is 0.275. The first-order valence-electron chi connectivity index (χ1n) is 6.54. The first kappa shape index (κ1) is 15.9. The van der Waals surface area contributed by atoms with Crippen molar-refractivity contribution in [2.45, 2.75) is 13.0 Å². The van der Waals surface area contributed by atoms with Gasteiger partial charge in [-0.15, -0.1) is 0 Å². The Kier molecular flexibility index (Phi) is 5.86. The third kappa shape index (κ3) is 4.82. The fourth-order valence-corrected chi connectivity index (χ4v) is 1.92. The van der Waals surface area contributed by atoms with Gasteiger partial charge in [-0.3, -0.25) is 9.78 Å². The third-order valence-electron chi connectivity index (χ3n) is 2.66. The van der Waals surface area contributed by atoms with Crippen LogP contribution in [0.15, 0.2) is 41.1 Å². The van der Waals surface area contributed by atoms with E-state index in [1.54, 1.807) is 24.4 Å². The minimum atomic E-state index is -0.295. The predicted octanol–water partition coefficient (Wildman–Crippen LogP) is 2.46. The average Bonchev–Trinajstić information content (AvgIpc) is 2.54. The number of nitrogens with zero attached hydrogens (tertiary/aromatic N) is 3. The summed E-state index contributed by atoms with van der Waals surface area (Å²) in [6, 6.07) is 10.8. The number of amides is 1. The Balaban J connectivity index is 1.89. The molecule has 0 fully saturated rings. The summed E-state index contributed by atoms with van der Waals surface area (Å²) in [5.74, 6) is 0.212. The lowest BCUT2D eigenvalue weighted by atomic mass is 10.2. The van der Waals surface area contributed by atoms with Crippen molar-refractivity contribution in [1.82, 2.24) is 15.3 Å². The number of carbonyl (C=O) groups excluding carboxylic acids is 1. The molecule has 7 heteroatoms. The lowest BCUT2D eigenvalue weighted by molar-refractivity contribution is 0.0949. The molecule has 112 valence electrons. The first-order valence-corrected chi connectivity index (χ1v) is 7.34. The molecule has 0 spiro atoms. The van der Waals surface area contributed by atoms with Crippen LogP contribution in [0.1, 0.15) is 22.5 Å². The van der Waals surface area contributed by atoms with Crippen molar-refractivity contribution < 1.29 is 9.53 Å². The molecule has 0 radical (unpaired) electrons. The molecular weight excluding hydrogens is 348 g/mol. The highest BCUT2D eigenvalue weighted by Crippen LogP contribution is 2.13. The fourth-order valence-electron chi connectivity index (χ4n) is 1.59. The summed E-state index contributed by atoms with van der Waals surface area (Å²) in [6.07, 6.45) is 1.86. The van der Waals surface area contributed by atoms with Crippen LogP contribution in [0.2, 0.25) is 0 Å². The fraction of sp³-hybridized carbons (Fsp3) is 0.200. The third-order valence-corrected chi connectivity index (χ3v) is 3.10. The van der Waals surface area contributed by atoms with E-state index in [4.69, 9.17) is 10.00 Å². The first-order chi connectivity index (χ1) is 10.7. The molecule has 2 aromatic heterocycles. The zero-order chi connectivity index (χ0) is 15.8. The summed E-state index contributed by atoms with van der Waals surface area (Å²) >= 11 is 3.27. The van der Waals surface area contributed by atoms with Gasteiger partial charge in [-0.1, -0.05) is 12.1 Å². The van der Waals surface area contributed by atoms with E-state index in [9.17, 15) is 4.79 Å². The Morgan fingerprint density at radius 3 is 2.91 bits per heavy atom. The Labute approximate surface area is 136 Å². The zero-order valence-electron chi connectivity index (χ0n) is 11.6. The number of carbonyl (C=O) groups is 1. The Morgan fingerprint density at radius 1 is 1.36 bits per heavy atom. The van der Waals surface area contributed by atoms with E-state index in [0.29, 0.717) is 29.3 Å². The number of halogens is 1. The molecule has 22 heavy (non-hydrogen) atoms. The van der Waals surface area contributed by atoms with Gasteiger partial charge in [-0.25, -0.2) is 4.98 Å². The van der Waals surface area contributed by atoms with Gasteiger partial charge < -0.3 is 10.1 Å². The van der Waals surface area contributed by atoms with Gasteiger partial charge in [0.15, 0.2) is 0 Å². The molecule has 2 heterocycles. The number of nitriles is 1. The van der Waals surface area contributed by atoms with Crippen LogP contribution in [0.25, 0.3) is 0 Å². The molecule has 0 bridgehead atoms. The standard InChI is InChI=1S/C15H13BrN4O2/c16-13-3-1-4-14(20-13)22-10-11-5-6-12(19-9-11)15(21)18-8-2-7-17/h1,3-6,9H,2,8,10H2,(H,18,21). The molecule has 2 aromatic rings. The Bertz CT molecular complexity index is 683. The summed E-state index contributed by atoms with van der Waals surface area (Å²) in [5.41, 5.74) is 1.14. The van der Waals surface area contributed by atoms with Gasteiger partial charge in [0, 0.05) is 24.4 Å². The molecule has 0 unspecified atom stereocenters. The van der Waals surface area contributed by atoms with Gasteiger partial charge in [0.25, 0.3) is 5.91 Å². The molecule has 0 aliphatic heterocycles. The highest BCUT2D eigenvalue weighted by Gasteiger charge is 2.06. The van der Waals surface area contributed by atoms with Crippen molar-refractivity contribution in [2.24, 2.45) is 0 Å². The van der Waals surface area contributed by atoms with E-state index in [2.05, 4.69) is 31.2 Å². The van der Waals surface area contributed by atoms with Gasteiger partial charge >= 0.3 is 0 Å². The van der Waals surface area contributed by atoms with Crippen molar-refractivity contribution in [3.63, 3.8) is 0 Å². The molecule has 0 saturated carbocycles. The molecular formula is C15H13BrN4O2. The quantitative estimate of drug-likeness (QED) is 0.631. The number of hydrogen-bond acceptors (Lipinski definition) is 5. The van der Waals surface area contributed by atoms with Crippen LogP contribution in [0, 0.1) is 11.3 Å². The average molecular weight is 361 g/mol. The van der Waals surface area contributed by atoms with Gasteiger partial charge in [-0.05, 0) is 28.1 Å². The topological polar surface area (TPSA) is 87.9 Å². The highest BCUT2D eigenvalue weighted by molar-refractivity contribution is 9.10. The zero-order valence-corrected chi connectivity index (χ0v) is 13.2. The maximum atomic E-state index is 11.7. The van der Waals surface area contributed by atoms with Gasteiger partial charge in [0.1, 0.15) is 16.9 Å². The van der Waals surface area contributed by atoms with E-state index in [-0.39, 0.29) is 12.3 Å². The molecule has 0 aliphatic rings. The van der Waals surface area contributed by atoms with E-state index < -0.39 is 0 Å². The number of ether oxygens (including phenoxy) is 1. The number of nitrogens with one attached hydrogen (secondary N) is 1. The molecule has 1 N–H and O–H groups in total. The van der Waals surface area contributed by atoms with Crippen LogP contribution in [-0.2, 0) is 6.61 Å². The summed E-state index contributed by atoms with van der Waals surface area (Å²) < 4.78 is 6.24. The van der Waals surface area contributed by atoms with Gasteiger partial charge in [0.05, 0.1) is 12.5 Å². The summed E-state index contributed by atoms with van der Waals surface area (Å²) in [6.45, 7) is 0.628. The molecule has 1 amide bonds. The highest BCUT2D eigenvalue weighted by atomic mass is 79.9. The van der Waals surface area contributed by atoms with Crippen LogP contribution in [0.3, 0.4) is 0 Å². The van der Waals surface area contributed by atoms with Crippen LogP contribution in [-0.4, -0.2) is 22.4 Å². The van der Waals surface area contributed by atoms with Gasteiger partial charge in [-0.2, -0.15) is 5.26 Å². The van der Waals surface area contributed by atoms with Crippen LogP contribution < -0.4 is 10.1 Å². The van der Waals surface area contributed by atoms with Crippen LogP contribution in [0.4, 0.5) is 0 Å². The van der Waals surface area contributed by atoms with E-state index >= 15 is 0 Å². The Morgan fingerprint density at radius 2 is 2.23 bits per heavy atom. The van der Waals surface area contributed by atoms with E-state index in [1.807, 2.05) is 18.2 Å². The lowest BCUT2D eigenvalue weighted by Crippen LogP contribution is -2.25. The number of rotatable bonds is 6.